The zero-order valence-electron chi connectivity index (χ0n) is 11.0. The third-order valence-electron chi connectivity index (χ3n) is 3.47. The van der Waals surface area contributed by atoms with Crippen LogP contribution in [-0.2, 0) is 13.0 Å². The number of nitrogens with zero attached hydrogens (tertiary/aromatic N) is 1. The molecule has 0 fully saturated rings. The maximum absolute atomic E-state index is 12.1. The number of aryl methyl sites for hydroxylation is 1. The maximum atomic E-state index is 12.1. The normalized spacial score (nSPS) is 10.8. The van der Waals surface area contributed by atoms with Gasteiger partial charge in [0.15, 0.2) is 0 Å². The highest BCUT2D eigenvalue weighted by molar-refractivity contribution is 5.86. The molecular formula is C17H15NO2. The van der Waals surface area contributed by atoms with Crippen LogP contribution in [0.25, 0.3) is 10.8 Å². The Labute approximate surface area is 116 Å². The number of hydrogen-bond donors (Lipinski definition) is 1. The fraction of sp³-hybridized carbons (Fsp3) is 0.118. The fourth-order valence-electron chi connectivity index (χ4n) is 2.39. The van der Waals surface area contributed by atoms with Crippen LogP contribution < -0.4 is 5.56 Å². The third-order valence-corrected chi connectivity index (χ3v) is 3.47. The van der Waals surface area contributed by atoms with E-state index in [1.54, 1.807) is 6.07 Å². The summed E-state index contributed by atoms with van der Waals surface area (Å²) in [7, 11) is 0. The lowest BCUT2D eigenvalue weighted by atomic mass is 10.1. The Kier molecular flexibility index (Phi) is 3.25. The minimum atomic E-state index is -0.169. The fourth-order valence-corrected chi connectivity index (χ4v) is 2.39. The van der Waals surface area contributed by atoms with Gasteiger partial charge in [0, 0.05) is 18.0 Å². The van der Waals surface area contributed by atoms with Gasteiger partial charge in [0.1, 0.15) is 0 Å². The van der Waals surface area contributed by atoms with E-state index < -0.39 is 0 Å². The average molecular weight is 265 g/mol. The summed E-state index contributed by atoms with van der Waals surface area (Å²) in [5.74, 6) is 0.0454. The van der Waals surface area contributed by atoms with E-state index in [-0.39, 0.29) is 11.4 Å². The zero-order chi connectivity index (χ0) is 13.9. The lowest BCUT2D eigenvalue weighted by molar-refractivity contribution is 0.413. The second kappa shape index (κ2) is 5.21. The van der Waals surface area contributed by atoms with Gasteiger partial charge >= 0.3 is 0 Å². The standard InChI is InChI=1S/C17H15NO2/c19-16-12-14-8-4-5-9-15(14)17(20)18(16)11-10-13-6-2-1-3-7-13/h1-9,12,20H,10-11H2. The van der Waals surface area contributed by atoms with Gasteiger partial charge in [-0.3, -0.25) is 9.36 Å². The molecule has 0 bridgehead atoms. The van der Waals surface area contributed by atoms with Crippen LogP contribution in [-0.4, -0.2) is 9.67 Å². The van der Waals surface area contributed by atoms with Gasteiger partial charge in [-0.1, -0.05) is 48.5 Å². The molecule has 3 aromatic rings. The number of fused-ring (bicyclic) bond motifs is 1. The molecule has 0 aliphatic rings. The number of aromatic hydroxyl groups is 1. The molecule has 0 radical (unpaired) electrons. The molecule has 0 atom stereocenters. The Balaban J connectivity index is 1.97. The van der Waals surface area contributed by atoms with E-state index in [1.165, 1.54) is 4.57 Å². The third kappa shape index (κ3) is 2.30. The number of rotatable bonds is 3. The van der Waals surface area contributed by atoms with Crippen molar-refractivity contribution >= 4 is 10.8 Å². The van der Waals surface area contributed by atoms with Crippen molar-refractivity contribution < 1.29 is 5.11 Å². The highest BCUT2D eigenvalue weighted by atomic mass is 16.3. The molecule has 0 unspecified atom stereocenters. The first-order chi connectivity index (χ1) is 9.75. The largest absolute Gasteiger partial charge is 0.494 e. The van der Waals surface area contributed by atoms with Crippen LogP contribution in [0.2, 0.25) is 0 Å². The second-order valence-corrected chi connectivity index (χ2v) is 4.78. The van der Waals surface area contributed by atoms with Crippen LogP contribution >= 0.6 is 0 Å². The number of aromatic nitrogens is 1. The summed E-state index contributed by atoms with van der Waals surface area (Å²) in [6.45, 7) is 0.472. The average Bonchev–Trinajstić information content (AvgIpc) is 2.48. The van der Waals surface area contributed by atoms with Crippen LogP contribution in [0.3, 0.4) is 0 Å². The number of hydrogen-bond acceptors (Lipinski definition) is 2. The quantitative estimate of drug-likeness (QED) is 0.791. The highest BCUT2D eigenvalue weighted by Crippen LogP contribution is 2.22. The summed E-state index contributed by atoms with van der Waals surface area (Å²) in [6, 6.07) is 18.9. The molecule has 0 amide bonds. The van der Waals surface area contributed by atoms with Gasteiger partial charge in [-0.2, -0.15) is 0 Å². The van der Waals surface area contributed by atoms with Crippen molar-refractivity contribution in [2.45, 2.75) is 13.0 Å². The molecule has 0 spiro atoms. The summed E-state index contributed by atoms with van der Waals surface area (Å²) in [4.78, 5) is 12.1. The number of benzene rings is 2. The SMILES string of the molecule is O=c1cc2ccccc2c(O)n1CCc1ccccc1. The maximum Gasteiger partial charge on any atom is 0.253 e. The van der Waals surface area contributed by atoms with E-state index in [1.807, 2.05) is 54.6 Å². The van der Waals surface area contributed by atoms with E-state index >= 15 is 0 Å². The van der Waals surface area contributed by atoms with Gasteiger partial charge < -0.3 is 5.11 Å². The van der Waals surface area contributed by atoms with Crippen LogP contribution in [0.15, 0.2) is 65.5 Å². The van der Waals surface area contributed by atoms with Gasteiger partial charge in [-0.15, -0.1) is 0 Å². The lowest BCUT2D eigenvalue weighted by Crippen LogP contribution is -2.20. The van der Waals surface area contributed by atoms with E-state index in [0.29, 0.717) is 18.4 Å². The van der Waals surface area contributed by atoms with Crippen molar-refractivity contribution in [3.05, 3.63) is 76.6 Å². The summed E-state index contributed by atoms with van der Waals surface area (Å²) >= 11 is 0. The summed E-state index contributed by atoms with van der Waals surface area (Å²) in [5, 5.41) is 11.7. The molecule has 0 aliphatic heterocycles. The first kappa shape index (κ1) is 12.5. The molecule has 3 heteroatoms. The Morgan fingerprint density at radius 2 is 1.65 bits per heavy atom. The molecule has 20 heavy (non-hydrogen) atoms. The van der Waals surface area contributed by atoms with E-state index in [2.05, 4.69) is 0 Å². The predicted molar refractivity (Wildman–Crippen MR) is 80.0 cm³/mol. The molecular weight excluding hydrogens is 250 g/mol. The van der Waals surface area contributed by atoms with Crippen LogP contribution in [0.5, 0.6) is 5.88 Å². The van der Waals surface area contributed by atoms with Gasteiger partial charge in [-0.05, 0) is 23.4 Å². The van der Waals surface area contributed by atoms with E-state index in [4.69, 9.17) is 0 Å². The molecule has 100 valence electrons. The highest BCUT2D eigenvalue weighted by Gasteiger charge is 2.08. The Morgan fingerprint density at radius 3 is 2.45 bits per heavy atom. The van der Waals surface area contributed by atoms with Crippen molar-refractivity contribution in [2.24, 2.45) is 0 Å². The first-order valence-corrected chi connectivity index (χ1v) is 6.61. The van der Waals surface area contributed by atoms with E-state index in [0.717, 1.165) is 10.9 Å². The Morgan fingerprint density at radius 1 is 0.950 bits per heavy atom. The molecule has 2 aromatic carbocycles. The van der Waals surface area contributed by atoms with Gasteiger partial charge in [0.25, 0.3) is 5.56 Å². The second-order valence-electron chi connectivity index (χ2n) is 4.78. The van der Waals surface area contributed by atoms with E-state index in [9.17, 15) is 9.90 Å². The molecule has 3 nitrogen and oxygen atoms in total. The zero-order valence-corrected chi connectivity index (χ0v) is 11.0. The molecule has 0 aliphatic carbocycles. The molecule has 3 rings (SSSR count). The van der Waals surface area contributed by atoms with Gasteiger partial charge in [0.2, 0.25) is 5.88 Å². The van der Waals surface area contributed by atoms with Gasteiger partial charge in [-0.25, -0.2) is 0 Å². The first-order valence-electron chi connectivity index (χ1n) is 6.61. The molecule has 0 saturated heterocycles. The summed E-state index contributed by atoms with van der Waals surface area (Å²) < 4.78 is 1.43. The molecule has 0 saturated carbocycles. The monoisotopic (exact) mass is 265 g/mol. The minimum Gasteiger partial charge on any atom is -0.494 e. The summed E-state index contributed by atoms with van der Waals surface area (Å²) in [6.07, 6.45) is 0.715. The van der Waals surface area contributed by atoms with Crippen LogP contribution in [0.1, 0.15) is 5.56 Å². The minimum absolute atomic E-state index is 0.0454. The molecule has 1 heterocycles. The Hall–Kier alpha value is -2.55. The molecule has 1 aromatic heterocycles. The topological polar surface area (TPSA) is 42.2 Å². The van der Waals surface area contributed by atoms with Crippen molar-refractivity contribution in [1.29, 1.82) is 0 Å². The van der Waals surface area contributed by atoms with Crippen molar-refractivity contribution in [1.82, 2.24) is 4.57 Å². The van der Waals surface area contributed by atoms with Crippen LogP contribution in [0.4, 0.5) is 0 Å². The predicted octanol–water partition coefficient (Wildman–Crippen LogP) is 2.95. The van der Waals surface area contributed by atoms with Crippen molar-refractivity contribution in [3.8, 4) is 5.88 Å². The van der Waals surface area contributed by atoms with Crippen molar-refractivity contribution in [2.75, 3.05) is 0 Å². The Bertz CT molecular complexity index is 791. The summed E-state index contributed by atoms with van der Waals surface area (Å²) in [5.41, 5.74) is 0.976. The van der Waals surface area contributed by atoms with Crippen molar-refractivity contribution in [3.63, 3.8) is 0 Å². The van der Waals surface area contributed by atoms with Gasteiger partial charge in [0.05, 0.1) is 0 Å². The number of pyridine rings is 1. The smallest absolute Gasteiger partial charge is 0.253 e. The lowest BCUT2D eigenvalue weighted by Gasteiger charge is -2.10. The van der Waals surface area contributed by atoms with Crippen LogP contribution in [0, 0.1) is 0 Å². The molecule has 1 N–H and O–H groups in total.